The number of amides is 1. The van der Waals surface area contributed by atoms with Crippen LogP contribution in [0.1, 0.15) is 78.0 Å². The molecular formula is C27H35N5O2. The average molecular weight is 462 g/mol. The summed E-state index contributed by atoms with van der Waals surface area (Å²) in [6, 6.07) is 7.86. The van der Waals surface area contributed by atoms with Gasteiger partial charge in [-0.2, -0.15) is 4.98 Å². The lowest BCUT2D eigenvalue weighted by Crippen LogP contribution is -2.36. The van der Waals surface area contributed by atoms with Gasteiger partial charge in [-0.25, -0.2) is 4.98 Å². The third-order valence-electron chi connectivity index (χ3n) is 7.67. The highest BCUT2D eigenvalue weighted by atomic mass is 16.2. The summed E-state index contributed by atoms with van der Waals surface area (Å²) in [7, 11) is 4.11. The van der Waals surface area contributed by atoms with Gasteiger partial charge in [0.15, 0.2) is 5.78 Å². The van der Waals surface area contributed by atoms with Crippen molar-refractivity contribution in [2.75, 3.05) is 30.9 Å². The average Bonchev–Trinajstić information content (AvgIpc) is 3.19. The Bertz CT molecular complexity index is 1070. The molecule has 3 aliphatic carbocycles. The van der Waals surface area contributed by atoms with Crippen molar-refractivity contribution < 1.29 is 9.59 Å². The molecule has 3 aliphatic rings. The molecule has 1 atom stereocenters. The molecule has 0 spiro atoms. The van der Waals surface area contributed by atoms with Gasteiger partial charge in [0.05, 0.1) is 11.6 Å². The fourth-order valence-electron chi connectivity index (χ4n) is 5.76. The molecule has 34 heavy (non-hydrogen) atoms. The fraction of sp³-hybridized carbons (Fsp3) is 0.556. The molecule has 1 amide bonds. The number of benzene rings is 1. The molecule has 1 aromatic heterocycles. The van der Waals surface area contributed by atoms with Crippen LogP contribution in [-0.4, -0.2) is 48.3 Å². The highest BCUT2D eigenvalue weighted by Crippen LogP contribution is 2.34. The second-order valence-electron chi connectivity index (χ2n) is 10.3. The molecule has 2 N–H and O–H groups in total. The van der Waals surface area contributed by atoms with E-state index in [0.717, 1.165) is 55.9 Å². The Kier molecular flexibility index (Phi) is 6.53. The lowest BCUT2D eigenvalue weighted by atomic mass is 9.86. The Hall–Kier alpha value is -2.96. The highest BCUT2D eigenvalue weighted by Gasteiger charge is 2.34. The van der Waals surface area contributed by atoms with Crippen LogP contribution < -0.4 is 15.5 Å². The van der Waals surface area contributed by atoms with Crippen molar-refractivity contribution in [1.82, 2.24) is 15.3 Å². The van der Waals surface area contributed by atoms with E-state index in [1.165, 1.54) is 24.1 Å². The van der Waals surface area contributed by atoms with E-state index in [4.69, 9.17) is 9.97 Å². The number of carbonyl (C=O) groups excluding carboxylic acids is 2. The van der Waals surface area contributed by atoms with Crippen LogP contribution >= 0.6 is 0 Å². The van der Waals surface area contributed by atoms with Gasteiger partial charge in [0, 0.05) is 44.2 Å². The predicted octanol–water partition coefficient (Wildman–Crippen LogP) is 3.88. The second-order valence-corrected chi connectivity index (χ2v) is 10.3. The van der Waals surface area contributed by atoms with E-state index in [0.29, 0.717) is 24.1 Å². The summed E-state index contributed by atoms with van der Waals surface area (Å²) < 4.78 is 0. The zero-order valence-electron chi connectivity index (χ0n) is 20.3. The summed E-state index contributed by atoms with van der Waals surface area (Å²) in [5.41, 5.74) is 4.10. The molecular weight excluding hydrogens is 426 g/mol. The normalized spacial score (nSPS) is 23.7. The molecule has 0 bridgehead atoms. The van der Waals surface area contributed by atoms with Gasteiger partial charge in [-0.1, -0.05) is 24.3 Å². The molecule has 1 aromatic carbocycles. The molecule has 1 fully saturated rings. The van der Waals surface area contributed by atoms with Crippen LogP contribution in [0.3, 0.4) is 0 Å². The minimum atomic E-state index is -0.339. The maximum absolute atomic E-state index is 12.8. The van der Waals surface area contributed by atoms with Crippen molar-refractivity contribution in [2.24, 2.45) is 5.92 Å². The van der Waals surface area contributed by atoms with Gasteiger partial charge < -0.3 is 15.5 Å². The minimum absolute atomic E-state index is 0.0165. The van der Waals surface area contributed by atoms with E-state index < -0.39 is 0 Å². The Morgan fingerprint density at radius 1 is 1.06 bits per heavy atom. The number of carbonyl (C=O) groups is 2. The first kappa shape index (κ1) is 22.8. The van der Waals surface area contributed by atoms with E-state index in [1.54, 1.807) is 0 Å². The molecule has 1 saturated carbocycles. The third kappa shape index (κ3) is 4.65. The molecule has 7 nitrogen and oxygen atoms in total. The minimum Gasteiger partial charge on any atom is -0.362 e. The first-order valence-corrected chi connectivity index (χ1v) is 12.7. The fourth-order valence-corrected chi connectivity index (χ4v) is 5.76. The number of nitrogens with one attached hydrogen (secondary N) is 2. The molecule has 7 heteroatoms. The summed E-state index contributed by atoms with van der Waals surface area (Å²) in [4.78, 5) is 36.8. The van der Waals surface area contributed by atoms with Crippen molar-refractivity contribution >= 4 is 23.5 Å². The number of hydrogen-bond acceptors (Lipinski definition) is 6. The first-order chi connectivity index (χ1) is 16.5. The largest absolute Gasteiger partial charge is 0.362 e. The van der Waals surface area contributed by atoms with Crippen molar-refractivity contribution in [3.63, 3.8) is 0 Å². The number of aromatic nitrogens is 2. The summed E-state index contributed by atoms with van der Waals surface area (Å²) >= 11 is 0. The van der Waals surface area contributed by atoms with Crippen molar-refractivity contribution in [1.29, 1.82) is 0 Å². The number of ketones is 1. The van der Waals surface area contributed by atoms with Gasteiger partial charge >= 0.3 is 0 Å². The van der Waals surface area contributed by atoms with E-state index >= 15 is 0 Å². The highest BCUT2D eigenvalue weighted by molar-refractivity contribution is 6.06. The van der Waals surface area contributed by atoms with Crippen LogP contribution in [0.25, 0.3) is 0 Å². The number of fused-ring (bicyclic) bond motifs is 2. The van der Waals surface area contributed by atoms with Gasteiger partial charge in [-0.3, -0.25) is 9.59 Å². The van der Waals surface area contributed by atoms with E-state index in [1.807, 2.05) is 24.3 Å². The van der Waals surface area contributed by atoms with Crippen molar-refractivity contribution in [2.45, 2.75) is 69.7 Å². The summed E-state index contributed by atoms with van der Waals surface area (Å²) in [6.07, 6.45) is 9.02. The predicted molar refractivity (Wildman–Crippen MR) is 134 cm³/mol. The van der Waals surface area contributed by atoms with E-state index in [9.17, 15) is 9.59 Å². The molecule has 2 aromatic rings. The maximum atomic E-state index is 12.8. The first-order valence-electron chi connectivity index (χ1n) is 12.7. The van der Waals surface area contributed by atoms with Gasteiger partial charge in [-0.05, 0) is 62.8 Å². The molecule has 180 valence electrons. The molecule has 1 heterocycles. The summed E-state index contributed by atoms with van der Waals surface area (Å²) in [5.74, 6) is 1.99. The molecule has 1 unspecified atom stereocenters. The maximum Gasteiger partial charge on any atom is 0.228 e. The van der Waals surface area contributed by atoms with Crippen molar-refractivity contribution in [3.05, 3.63) is 46.6 Å². The van der Waals surface area contributed by atoms with Gasteiger partial charge in [0.1, 0.15) is 5.82 Å². The van der Waals surface area contributed by atoms with Crippen LogP contribution in [0.15, 0.2) is 24.3 Å². The summed E-state index contributed by atoms with van der Waals surface area (Å²) in [6.45, 7) is 0.679. The Morgan fingerprint density at radius 2 is 1.82 bits per heavy atom. The lowest BCUT2D eigenvalue weighted by molar-refractivity contribution is -0.122. The van der Waals surface area contributed by atoms with Crippen LogP contribution in [0.4, 0.5) is 11.8 Å². The zero-order chi connectivity index (χ0) is 23.7. The standard InChI is InChI=1S/C27H35N5O2/c1-32(2)25-21-9-5-6-10-23(21)30-27(31-25)29-18-13-11-17(12-14-18)16-28-26(34)22-15-24(33)20-8-4-3-7-19(20)22/h3-4,7-8,17-18,22H,5-6,9-16H2,1-2H3,(H,28,34)(H,29,30,31). The van der Waals surface area contributed by atoms with Crippen LogP contribution in [0.5, 0.6) is 0 Å². The third-order valence-corrected chi connectivity index (χ3v) is 7.67. The van der Waals surface area contributed by atoms with Crippen LogP contribution in [-0.2, 0) is 17.6 Å². The van der Waals surface area contributed by atoms with Crippen LogP contribution in [0, 0.1) is 5.92 Å². The number of nitrogens with zero attached hydrogens (tertiary/aromatic N) is 3. The van der Waals surface area contributed by atoms with Crippen molar-refractivity contribution in [3.8, 4) is 0 Å². The van der Waals surface area contributed by atoms with E-state index in [2.05, 4.69) is 29.6 Å². The van der Waals surface area contributed by atoms with Gasteiger partial charge in [0.25, 0.3) is 0 Å². The Morgan fingerprint density at radius 3 is 2.62 bits per heavy atom. The topological polar surface area (TPSA) is 87.2 Å². The quantitative estimate of drug-likeness (QED) is 0.679. The summed E-state index contributed by atoms with van der Waals surface area (Å²) in [5, 5.41) is 6.73. The second kappa shape index (κ2) is 9.72. The number of Topliss-reactive ketones (excluding diaryl/α,β-unsaturated/α-hetero) is 1. The molecule has 5 rings (SSSR count). The monoisotopic (exact) mass is 461 g/mol. The molecule has 0 aliphatic heterocycles. The Labute approximate surface area is 201 Å². The number of anilines is 2. The van der Waals surface area contributed by atoms with Gasteiger partial charge in [-0.15, -0.1) is 0 Å². The number of rotatable bonds is 6. The SMILES string of the molecule is CN(C)c1nc(NC2CCC(CNC(=O)C3CC(=O)c4ccccc43)CC2)nc2c1CCCC2. The smallest absolute Gasteiger partial charge is 0.228 e. The van der Waals surface area contributed by atoms with Crippen LogP contribution in [0.2, 0.25) is 0 Å². The lowest BCUT2D eigenvalue weighted by Gasteiger charge is -2.30. The molecule has 0 radical (unpaired) electrons. The molecule has 0 saturated heterocycles. The number of hydrogen-bond donors (Lipinski definition) is 2. The van der Waals surface area contributed by atoms with Gasteiger partial charge in [0.2, 0.25) is 11.9 Å². The van der Waals surface area contributed by atoms with E-state index in [-0.39, 0.29) is 24.0 Å². The Balaban J connectivity index is 1.13. The number of aryl methyl sites for hydroxylation is 1. The zero-order valence-corrected chi connectivity index (χ0v) is 20.3.